The molecule has 0 atom stereocenters. The summed E-state index contributed by atoms with van der Waals surface area (Å²) in [6.07, 6.45) is 6.07. The summed E-state index contributed by atoms with van der Waals surface area (Å²) in [5, 5.41) is 9.86. The minimum atomic E-state index is -3.53. The topological polar surface area (TPSA) is 108 Å². The number of anilines is 4. The molecule has 0 amide bonds. The molecule has 0 bridgehead atoms. The molecule has 1 aliphatic carbocycles. The number of aromatic nitrogens is 2. The normalized spacial score (nSPS) is 17.3. The molecule has 3 N–H and O–H groups in total. The van der Waals surface area contributed by atoms with Gasteiger partial charge >= 0.3 is 0 Å². The zero-order valence-corrected chi connectivity index (χ0v) is 28.5. The minimum absolute atomic E-state index is 0.0227. The average Bonchev–Trinajstić information content (AvgIpc) is 2.96. The van der Waals surface area contributed by atoms with Gasteiger partial charge in [-0.3, -0.25) is 0 Å². The molecule has 0 spiro atoms. The fraction of sp³-hybridized carbons (Fsp3) is 0.515. The quantitative estimate of drug-likeness (QED) is 0.180. The van der Waals surface area contributed by atoms with Gasteiger partial charge < -0.3 is 25.6 Å². The van der Waals surface area contributed by atoms with Gasteiger partial charge in [0.05, 0.1) is 33.8 Å². The highest BCUT2D eigenvalue weighted by Crippen LogP contribution is 2.40. The number of aryl methyl sites for hydroxylation is 1. The first-order valence-corrected chi connectivity index (χ1v) is 17.4. The molecule has 44 heavy (non-hydrogen) atoms. The van der Waals surface area contributed by atoms with Crippen molar-refractivity contribution in [2.75, 3.05) is 37.8 Å². The minimum Gasteiger partial charge on any atom is -0.489 e. The lowest BCUT2D eigenvalue weighted by Crippen LogP contribution is -2.37. The maximum Gasteiger partial charge on any atom is 0.229 e. The number of hydrogen-bond acceptors (Lipinski definition) is 9. The third-order valence-electron chi connectivity index (χ3n) is 7.95. The molecular weight excluding hydrogens is 596 g/mol. The summed E-state index contributed by atoms with van der Waals surface area (Å²) in [5.74, 6) is 1.83. The van der Waals surface area contributed by atoms with Gasteiger partial charge in [0.25, 0.3) is 0 Å². The third-order valence-corrected chi connectivity index (χ3v) is 10.4. The van der Waals surface area contributed by atoms with Gasteiger partial charge in [0.2, 0.25) is 5.95 Å². The van der Waals surface area contributed by atoms with E-state index in [-0.39, 0.29) is 16.0 Å². The van der Waals surface area contributed by atoms with Crippen molar-refractivity contribution in [2.45, 2.75) is 88.5 Å². The second-order valence-electron chi connectivity index (χ2n) is 12.4. The Kier molecular flexibility index (Phi) is 11.5. The summed E-state index contributed by atoms with van der Waals surface area (Å²) in [4.78, 5) is 11.4. The Bertz CT molecular complexity index is 1520. The van der Waals surface area contributed by atoms with E-state index in [2.05, 4.69) is 64.0 Å². The number of sulfone groups is 1. The van der Waals surface area contributed by atoms with Crippen molar-refractivity contribution in [3.8, 4) is 5.75 Å². The van der Waals surface area contributed by atoms with E-state index in [1.807, 2.05) is 13.8 Å². The Morgan fingerprint density at radius 2 is 1.73 bits per heavy atom. The molecule has 4 rings (SSSR count). The molecule has 3 aromatic rings. The van der Waals surface area contributed by atoms with Crippen LogP contribution in [-0.2, 0) is 9.84 Å². The van der Waals surface area contributed by atoms with Crippen molar-refractivity contribution >= 4 is 44.6 Å². The summed E-state index contributed by atoms with van der Waals surface area (Å²) in [7, 11) is 0.679. The maximum absolute atomic E-state index is 13.0. The molecule has 1 saturated carbocycles. The van der Waals surface area contributed by atoms with Crippen LogP contribution in [-0.4, -0.2) is 67.9 Å². The van der Waals surface area contributed by atoms with Crippen molar-refractivity contribution in [3.63, 3.8) is 0 Å². The molecule has 0 unspecified atom stereocenters. The van der Waals surface area contributed by atoms with Crippen molar-refractivity contribution in [2.24, 2.45) is 0 Å². The number of halogens is 1. The lowest BCUT2D eigenvalue weighted by molar-refractivity contribution is 0.243. The van der Waals surface area contributed by atoms with Crippen molar-refractivity contribution < 1.29 is 13.2 Å². The predicted octanol–water partition coefficient (Wildman–Crippen LogP) is 7.07. The van der Waals surface area contributed by atoms with E-state index < -0.39 is 15.1 Å². The monoisotopic (exact) mass is 642 g/mol. The number of nitrogens with zero attached hydrogens (tertiary/aromatic N) is 3. The highest BCUT2D eigenvalue weighted by atomic mass is 35.5. The zero-order chi connectivity index (χ0) is 32.0. The van der Waals surface area contributed by atoms with Crippen LogP contribution >= 0.6 is 11.6 Å². The molecule has 1 heterocycles. The summed E-state index contributed by atoms with van der Waals surface area (Å²) in [6, 6.07) is 11.6. The Labute approximate surface area is 268 Å². The van der Waals surface area contributed by atoms with Gasteiger partial charge in [-0.2, -0.15) is 4.98 Å². The molecule has 1 fully saturated rings. The summed E-state index contributed by atoms with van der Waals surface area (Å²) in [5.41, 5.74) is 3.67. The van der Waals surface area contributed by atoms with Crippen LogP contribution in [0, 0.1) is 6.92 Å². The number of likely N-dealkylation sites (N-methyl/N-ethyl adjacent to an activating group) is 1. The van der Waals surface area contributed by atoms with Gasteiger partial charge in [-0.05, 0) is 116 Å². The van der Waals surface area contributed by atoms with Crippen molar-refractivity contribution in [1.29, 1.82) is 0 Å². The van der Waals surface area contributed by atoms with E-state index in [1.54, 1.807) is 38.1 Å². The van der Waals surface area contributed by atoms with Gasteiger partial charge in [-0.1, -0.05) is 23.7 Å². The molecular formula is C33H47ClN6O3S. The first-order chi connectivity index (χ1) is 20.8. The van der Waals surface area contributed by atoms with E-state index >= 15 is 0 Å². The molecule has 1 aliphatic rings. The second-order valence-corrected chi connectivity index (χ2v) is 15.3. The highest BCUT2D eigenvalue weighted by molar-refractivity contribution is 7.92. The molecule has 0 saturated heterocycles. The largest absolute Gasteiger partial charge is 0.489 e. The highest BCUT2D eigenvalue weighted by Gasteiger charge is 2.26. The van der Waals surface area contributed by atoms with Crippen LogP contribution in [0.4, 0.5) is 23.1 Å². The number of para-hydroxylation sites is 1. The number of rotatable bonds is 13. The summed E-state index contributed by atoms with van der Waals surface area (Å²) < 4.78 is 32.2. The number of benzene rings is 2. The van der Waals surface area contributed by atoms with Crippen LogP contribution in [0.1, 0.15) is 70.4 Å². The molecule has 11 heteroatoms. The Balaban J connectivity index is 1.55. The SMILES string of the molecule is Cc1cc(Nc2ncc(Cl)c(Nc3ccccc3S(=O)(=O)C(C)C)n2)c(OC(C)C)cc1[C@H]1CC[C@@H](NCCN(C)C)CC1. The van der Waals surface area contributed by atoms with Crippen molar-refractivity contribution in [3.05, 3.63) is 58.7 Å². The molecule has 9 nitrogen and oxygen atoms in total. The molecule has 1 aromatic heterocycles. The average molecular weight is 643 g/mol. The smallest absolute Gasteiger partial charge is 0.229 e. The lowest BCUT2D eigenvalue weighted by Gasteiger charge is -2.31. The van der Waals surface area contributed by atoms with E-state index in [0.29, 0.717) is 29.4 Å². The fourth-order valence-corrected chi connectivity index (χ4v) is 6.87. The van der Waals surface area contributed by atoms with E-state index in [1.165, 1.54) is 17.3 Å². The number of ether oxygens (including phenoxy) is 1. The number of hydrogen-bond donors (Lipinski definition) is 3. The standard InChI is InChI=1S/C33H47ClN6O3S/c1-21(2)43-30-19-26(24-12-14-25(15-13-24)35-16-17-40(6)7)23(5)18-29(30)38-33-36-20-27(34)32(39-33)37-28-10-8-9-11-31(28)44(41,42)22(3)4/h8-11,18-22,24-25,35H,12-17H2,1-7H3,(H2,36,37,38,39)/t24-,25+. The van der Waals surface area contributed by atoms with Gasteiger partial charge in [-0.15, -0.1) is 0 Å². The summed E-state index contributed by atoms with van der Waals surface area (Å²) >= 11 is 6.47. The first kappa shape index (κ1) is 34.0. The van der Waals surface area contributed by atoms with Crippen LogP contribution < -0.4 is 20.7 Å². The van der Waals surface area contributed by atoms with E-state index in [0.717, 1.165) is 50.2 Å². The Morgan fingerprint density at radius 1 is 1.02 bits per heavy atom. The summed E-state index contributed by atoms with van der Waals surface area (Å²) in [6.45, 7) is 11.5. The third kappa shape index (κ3) is 8.62. The van der Waals surface area contributed by atoms with Crippen LogP contribution in [0.25, 0.3) is 0 Å². The van der Waals surface area contributed by atoms with E-state index in [9.17, 15) is 8.42 Å². The van der Waals surface area contributed by atoms with Crippen LogP contribution in [0.5, 0.6) is 5.75 Å². The van der Waals surface area contributed by atoms with Gasteiger partial charge in [0.1, 0.15) is 10.8 Å². The van der Waals surface area contributed by atoms with Gasteiger partial charge in [-0.25, -0.2) is 13.4 Å². The van der Waals surface area contributed by atoms with Crippen LogP contribution in [0.15, 0.2) is 47.5 Å². The fourth-order valence-electron chi connectivity index (χ4n) is 5.53. The molecule has 0 radical (unpaired) electrons. The first-order valence-electron chi connectivity index (χ1n) is 15.4. The van der Waals surface area contributed by atoms with Crippen molar-refractivity contribution in [1.82, 2.24) is 20.2 Å². The van der Waals surface area contributed by atoms with Gasteiger partial charge in [0, 0.05) is 19.1 Å². The van der Waals surface area contributed by atoms with E-state index in [4.69, 9.17) is 16.3 Å². The Hall–Kier alpha value is -2.92. The predicted molar refractivity (Wildman–Crippen MR) is 181 cm³/mol. The van der Waals surface area contributed by atoms with Crippen LogP contribution in [0.2, 0.25) is 5.02 Å². The second kappa shape index (κ2) is 14.9. The molecule has 2 aromatic carbocycles. The lowest BCUT2D eigenvalue weighted by atomic mass is 9.80. The number of nitrogens with one attached hydrogen (secondary N) is 3. The zero-order valence-electron chi connectivity index (χ0n) is 26.9. The Morgan fingerprint density at radius 3 is 2.39 bits per heavy atom. The molecule has 240 valence electrons. The van der Waals surface area contributed by atoms with Crippen LogP contribution in [0.3, 0.4) is 0 Å². The maximum atomic E-state index is 13.0. The van der Waals surface area contributed by atoms with Gasteiger partial charge in [0.15, 0.2) is 15.7 Å². The molecule has 0 aliphatic heterocycles.